The molecule has 8 nitrogen and oxygen atoms in total. The van der Waals surface area contributed by atoms with Crippen molar-refractivity contribution < 1.29 is 14.4 Å². The van der Waals surface area contributed by atoms with Gasteiger partial charge in [0, 0.05) is 17.7 Å². The number of hydrogen-bond acceptors (Lipinski definition) is 7. The second-order valence-electron chi connectivity index (χ2n) is 6.27. The normalized spacial score (nSPS) is 10.5. The van der Waals surface area contributed by atoms with Gasteiger partial charge in [-0.3, -0.25) is 15.5 Å². The first-order chi connectivity index (χ1) is 15.0. The van der Waals surface area contributed by atoms with E-state index in [9.17, 15) is 15.4 Å². The summed E-state index contributed by atoms with van der Waals surface area (Å²) in [7, 11) is 1.55. The van der Waals surface area contributed by atoms with Crippen LogP contribution in [0.2, 0.25) is 0 Å². The Hall–Kier alpha value is -3.65. The second-order valence-corrected chi connectivity index (χ2v) is 7.43. The number of nitro benzene ring substituents is 1. The summed E-state index contributed by atoms with van der Waals surface area (Å²) in [4.78, 5) is 10.3. The maximum Gasteiger partial charge on any atom is 0.269 e. The molecule has 156 valence electrons. The van der Waals surface area contributed by atoms with Gasteiger partial charge in [-0.15, -0.1) is 0 Å². The quantitative estimate of drug-likeness (QED) is 0.189. The van der Waals surface area contributed by atoms with Crippen molar-refractivity contribution in [2.45, 2.75) is 6.61 Å². The third-order valence-electron chi connectivity index (χ3n) is 4.25. The fraction of sp³-hybridized carbons (Fsp3) is 0.0909. The summed E-state index contributed by atoms with van der Waals surface area (Å²) < 4.78 is 12.2. The van der Waals surface area contributed by atoms with Gasteiger partial charge < -0.3 is 9.47 Å². The topological polar surface area (TPSA) is 110 Å². The lowest BCUT2D eigenvalue weighted by molar-refractivity contribution is -0.384. The first kappa shape index (κ1) is 22.0. The van der Waals surface area contributed by atoms with Crippen LogP contribution in [0.15, 0.2) is 65.8 Å². The number of benzene rings is 3. The molecule has 3 aromatic rings. The van der Waals surface area contributed by atoms with Crippen molar-refractivity contribution in [3.63, 3.8) is 0 Å². The average Bonchev–Trinajstić information content (AvgIpc) is 2.78. The fourth-order valence-electron chi connectivity index (χ4n) is 2.70. The number of halogens is 1. The lowest BCUT2D eigenvalue weighted by atomic mass is 10.1. The molecule has 0 amide bonds. The van der Waals surface area contributed by atoms with E-state index >= 15 is 0 Å². The molecule has 0 spiro atoms. The predicted molar refractivity (Wildman–Crippen MR) is 126 cm³/mol. The van der Waals surface area contributed by atoms with Crippen LogP contribution >= 0.6 is 22.6 Å². The number of nitrogens with zero attached hydrogens (tertiary/aromatic N) is 3. The van der Waals surface area contributed by atoms with Crippen molar-refractivity contribution in [1.29, 1.82) is 5.26 Å². The van der Waals surface area contributed by atoms with Gasteiger partial charge in [-0.05, 0) is 58.5 Å². The molecule has 0 unspecified atom stereocenters. The molecule has 0 fully saturated rings. The van der Waals surface area contributed by atoms with E-state index in [4.69, 9.17) is 9.47 Å². The molecule has 3 rings (SSSR count). The summed E-state index contributed by atoms with van der Waals surface area (Å²) in [5.74, 6) is 1.12. The number of hydrogen-bond donors (Lipinski definition) is 1. The van der Waals surface area contributed by atoms with E-state index in [1.54, 1.807) is 37.6 Å². The maximum atomic E-state index is 10.7. The molecule has 3 aromatic carbocycles. The predicted octanol–water partition coefficient (Wildman–Crippen LogP) is 5.10. The molecule has 1 N–H and O–H groups in total. The Bertz CT molecular complexity index is 1160. The first-order valence-corrected chi connectivity index (χ1v) is 10.1. The van der Waals surface area contributed by atoms with Crippen molar-refractivity contribution in [1.82, 2.24) is 0 Å². The molecule has 0 heterocycles. The lowest BCUT2D eigenvalue weighted by Crippen LogP contribution is -2.02. The van der Waals surface area contributed by atoms with Gasteiger partial charge in [-0.1, -0.05) is 18.2 Å². The standard InChI is InChI=1S/C22H17IN4O4/c1-30-21-11-15(13-25-26-18-6-8-19(9-7-18)27(28)29)10-20(23)22(21)31-14-17-5-3-2-4-16(17)12-24/h2-11,13,26H,14H2,1H3/b25-13-. The van der Waals surface area contributed by atoms with Gasteiger partial charge >= 0.3 is 0 Å². The lowest BCUT2D eigenvalue weighted by Gasteiger charge is -2.14. The molecule has 0 aliphatic heterocycles. The zero-order valence-electron chi connectivity index (χ0n) is 16.4. The second kappa shape index (κ2) is 10.4. The van der Waals surface area contributed by atoms with Gasteiger partial charge in [0.15, 0.2) is 11.5 Å². The van der Waals surface area contributed by atoms with E-state index in [-0.39, 0.29) is 12.3 Å². The van der Waals surface area contributed by atoms with Crippen LogP contribution in [0.4, 0.5) is 11.4 Å². The summed E-state index contributed by atoms with van der Waals surface area (Å²) in [6, 6.07) is 19.1. The average molecular weight is 528 g/mol. The minimum Gasteiger partial charge on any atom is -0.493 e. The summed E-state index contributed by atoms with van der Waals surface area (Å²) in [5, 5.41) is 24.1. The third-order valence-corrected chi connectivity index (χ3v) is 5.05. The third kappa shape index (κ3) is 5.70. The summed E-state index contributed by atoms with van der Waals surface area (Å²) >= 11 is 2.15. The van der Waals surface area contributed by atoms with E-state index < -0.39 is 4.92 Å². The van der Waals surface area contributed by atoms with E-state index in [2.05, 4.69) is 39.2 Å². The highest BCUT2D eigenvalue weighted by atomic mass is 127. The fourth-order valence-corrected chi connectivity index (χ4v) is 3.48. The van der Waals surface area contributed by atoms with E-state index in [1.807, 2.05) is 24.3 Å². The van der Waals surface area contributed by atoms with Gasteiger partial charge in [0.05, 0.1) is 39.1 Å². The molecule has 31 heavy (non-hydrogen) atoms. The Labute approximate surface area is 192 Å². The Morgan fingerprint density at radius 3 is 2.65 bits per heavy atom. The number of ether oxygens (including phenoxy) is 2. The van der Waals surface area contributed by atoms with Crippen molar-refractivity contribution in [3.8, 4) is 17.6 Å². The minimum absolute atomic E-state index is 0.0156. The molecule has 9 heteroatoms. The highest BCUT2D eigenvalue weighted by Gasteiger charge is 2.12. The van der Waals surface area contributed by atoms with Crippen LogP contribution in [0.5, 0.6) is 11.5 Å². The number of non-ortho nitro benzene ring substituents is 1. The number of nitro groups is 1. The van der Waals surface area contributed by atoms with Crippen LogP contribution in [0.3, 0.4) is 0 Å². The summed E-state index contributed by atoms with van der Waals surface area (Å²) in [6.07, 6.45) is 1.61. The largest absolute Gasteiger partial charge is 0.493 e. The van der Waals surface area contributed by atoms with E-state index in [0.29, 0.717) is 22.7 Å². The minimum atomic E-state index is -0.455. The zero-order valence-corrected chi connectivity index (χ0v) is 18.6. The molecule has 0 saturated carbocycles. The maximum absolute atomic E-state index is 10.7. The summed E-state index contributed by atoms with van der Waals surface area (Å²) in [5.41, 5.74) is 5.61. The van der Waals surface area contributed by atoms with E-state index in [0.717, 1.165) is 14.7 Å². The van der Waals surface area contributed by atoms with Gasteiger partial charge in [0.2, 0.25) is 0 Å². The van der Waals surface area contributed by atoms with Crippen LogP contribution in [0, 0.1) is 25.0 Å². The number of anilines is 1. The smallest absolute Gasteiger partial charge is 0.269 e. The number of rotatable bonds is 8. The Kier molecular flexibility index (Phi) is 7.40. The van der Waals surface area contributed by atoms with Crippen molar-refractivity contribution in [3.05, 3.63) is 91.0 Å². The van der Waals surface area contributed by atoms with Gasteiger partial charge in [0.25, 0.3) is 5.69 Å². The Morgan fingerprint density at radius 1 is 1.23 bits per heavy atom. The zero-order chi connectivity index (χ0) is 22.2. The molecule has 0 aromatic heterocycles. The van der Waals surface area contributed by atoms with Gasteiger partial charge in [-0.2, -0.15) is 10.4 Å². The molecular formula is C22H17IN4O4. The first-order valence-electron chi connectivity index (χ1n) is 9.03. The number of nitriles is 1. The number of hydrazone groups is 1. The van der Waals surface area contributed by atoms with Crippen LogP contribution in [0.1, 0.15) is 16.7 Å². The van der Waals surface area contributed by atoms with Crippen LogP contribution in [0.25, 0.3) is 0 Å². The molecule has 0 saturated heterocycles. The summed E-state index contributed by atoms with van der Waals surface area (Å²) in [6.45, 7) is 0.241. The SMILES string of the molecule is COc1cc(/C=N\Nc2ccc([N+](=O)[O-])cc2)cc(I)c1OCc1ccccc1C#N. The van der Waals surface area contributed by atoms with Crippen LogP contribution in [-0.4, -0.2) is 18.2 Å². The van der Waals surface area contributed by atoms with Crippen molar-refractivity contribution in [2.75, 3.05) is 12.5 Å². The number of methoxy groups -OCH3 is 1. The molecular weight excluding hydrogens is 511 g/mol. The van der Waals surface area contributed by atoms with Crippen molar-refractivity contribution in [2.24, 2.45) is 5.10 Å². The van der Waals surface area contributed by atoms with Crippen LogP contribution < -0.4 is 14.9 Å². The number of nitrogens with one attached hydrogen (secondary N) is 1. The van der Waals surface area contributed by atoms with Gasteiger partial charge in [0.1, 0.15) is 6.61 Å². The highest BCUT2D eigenvalue weighted by molar-refractivity contribution is 14.1. The molecule has 0 radical (unpaired) electrons. The van der Waals surface area contributed by atoms with Crippen LogP contribution in [-0.2, 0) is 6.61 Å². The Morgan fingerprint density at radius 2 is 1.97 bits per heavy atom. The molecule has 0 bridgehead atoms. The molecule has 0 aliphatic carbocycles. The Balaban J connectivity index is 1.72. The monoisotopic (exact) mass is 528 g/mol. The highest BCUT2D eigenvalue weighted by Crippen LogP contribution is 2.34. The molecule has 0 aliphatic rings. The van der Waals surface area contributed by atoms with Crippen molar-refractivity contribution >= 4 is 40.2 Å². The molecule has 0 atom stereocenters. The van der Waals surface area contributed by atoms with Gasteiger partial charge in [-0.25, -0.2) is 0 Å². The van der Waals surface area contributed by atoms with E-state index in [1.165, 1.54) is 12.1 Å².